The van der Waals surface area contributed by atoms with E-state index < -0.39 is 0 Å². The molecule has 0 atom stereocenters. The lowest BCUT2D eigenvalue weighted by Gasteiger charge is -2.25. The number of anilines is 3. The Labute approximate surface area is 131 Å². The number of nitrogen functional groups attached to an aromatic ring is 1. The third kappa shape index (κ3) is 3.28. The topological polar surface area (TPSA) is 80.0 Å². The Balaban J connectivity index is 1.70. The van der Waals surface area contributed by atoms with E-state index >= 15 is 0 Å². The first-order valence-corrected chi connectivity index (χ1v) is 7.91. The second kappa shape index (κ2) is 5.91. The Morgan fingerprint density at radius 2 is 2.05 bits per heavy atom. The second-order valence-corrected chi connectivity index (χ2v) is 6.40. The van der Waals surface area contributed by atoms with E-state index in [1.54, 1.807) is 24.3 Å². The molecule has 0 radical (unpaired) electrons. The van der Waals surface area contributed by atoms with Crippen LogP contribution in [0.3, 0.4) is 0 Å². The van der Waals surface area contributed by atoms with Gasteiger partial charge in [-0.15, -0.1) is 0 Å². The molecule has 5 nitrogen and oxygen atoms in total. The Kier molecular flexibility index (Phi) is 3.98. The molecular formula is C14H15ClN4OS. The number of thiazole rings is 1. The fourth-order valence-electron chi connectivity index (χ4n) is 2.00. The third-order valence-corrected chi connectivity index (χ3v) is 4.65. The number of amides is 1. The minimum absolute atomic E-state index is 0.256. The van der Waals surface area contributed by atoms with Crippen molar-refractivity contribution >= 4 is 45.5 Å². The van der Waals surface area contributed by atoms with Crippen LogP contribution in [-0.4, -0.2) is 16.9 Å². The number of aromatic nitrogens is 1. The molecule has 0 saturated heterocycles. The monoisotopic (exact) mass is 322 g/mol. The maximum Gasteiger partial charge on any atom is 0.269 e. The van der Waals surface area contributed by atoms with E-state index in [1.807, 2.05) is 0 Å². The molecule has 2 aromatic rings. The Morgan fingerprint density at radius 1 is 1.33 bits per heavy atom. The summed E-state index contributed by atoms with van der Waals surface area (Å²) in [6.07, 6.45) is 3.53. The molecule has 1 heterocycles. The summed E-state index contributed by atoms with van der Waals surface area (Å²) in [6.45, 7) is 0. The molecule has 3 rings (SSSR count). The lowest BCUT2D eigenvalue weighted by molar-refractivity contribution is 0.103. The predicted molar refractivity (Wildman–Crippen MR) is 87.2 cm³/mol. The predicted octanol–water partition coefficient (Wildman–Crippen LogP) is 3.60. The molecule has 0 unspecified atom stereocenters. The van der Waals surface area contributed by atoms with Crippen LogP contribution in [0.1, 0.15) is 28.9 Å². The van der Waals surface area contributed by atoms with Crippen molar-refractivity contribution in [2.75, 3.05) is 16.4 Å². The zero-order chi connectivity index (χ0) is 14.8. The lowest BCUT2D eigenvalue weighted by atomic mass is 9.93. The first kappa shape index (κ1) is 14.2. The number of carbonyl (C=O) groups is 1. The van der Waals surface area contributed by atoms with Gasteiger partial charge in [0.2, 0.25) is 0 Å². The van der Waals surface area contributed by atoms with Gasteiger partial charge < -0.3 is 16.4 Å². The molecule has 1 amide bonds. The van der Waals surface area contributed by atoms with Gasteiger partial charge in [0, 0.05) is 16.8 Å². The van der Waals surface area contributed by atoms with Crippen LogP contribution in [0.2, 0.25) is 5.02 Å². The summed E-state index contributed by atoms with van der Waals surface area (Å²) < 4.78 is 0. The van der Waals surface area contributed by atoms with E-state index in [9.17, 15) is 4.79 Å². The van der Waals surface area contributed by atoms with Gasteiger partial charge in [0.25, 0.3) is 5.91 Å². The highest BCUT2D eigenvalue weighted by molar-refractivity contribution is 7.18. The first-order valence-electron chi connectivity index (χ1n) is 6.71. The number of hydrogen-bond acceptors (Lipinski definition) is 5. The highest BCUT2D eigenvalue weighted by Crippen LogP contribution is 2.30. The van der Waals surface area contributed by atoms with Crippen LogP contribution < -0.4 is 16.4 Å². The van der Waals surface area contributed by atoms with Gasteiger partial charge >= 0.3 is 0 Å². The van der Waals surface area contributed by atoms with Crippen molar-refractivity contribution < 1.29 is 4.79 Å². The first-order chi connectivity index (χ1) is 10.1. The fraction of sp³-hybridized carbons (Fsp3) is 0.286. The molecule has 1 fully saturated rings. The van der Waals surface area contributed by atoms with Gasteiger partial charge in [0.05, 0.1) is 0 Å². The van der Waals surface area contributed by atoms with Gasteiger partial charge in [0.15, 0.2) is 5.13 Å². The maximum atomic E-state index is 12.2. The molecule has 0 spiro atoms. The average molecular weight is 323 g/mol. The molecule has 7 heteroatoms. The van der Waals surface area contributed by atoms with E-state index in [0.717, 1.165) is 12.8 Å². The minimum atomic E-state index is -0.256. The van der Waals surface area contributed by atoms with Gasteiger partial charge in [-0.05, 0) is 43.5 Å². The molecule has 1 aliphatic rings. The van der Waals surface area contributed by atoms with Crippen LogP contribution >= 0.6 is 22.9 Å². The van der Waals surface area contributed by atoms with Gasteiger partial charge in [0.1, 0.15) is 10.7 Å². The second-order valence-electron chi connectivity index (χ2n) is 4.97. The van der Waals surface area contributed by atoms with Gasteiger partial charge in [-0.1, -0.05) is 22.9 Å². The number of nitrogens with two attached hydrogens (primary N) is 1. The Morgan fingerprint density at radius 3 is 2.67 bits per heavy atom. The summed E-state index contributed by atoms with van der Waals surface area (Å²) >= 11 is 7.09. The highest BCUT2D eigenvalue weighted by atomic mass is 35.5. The number of rotatable bonds is 4. The number of carbonyl (C=O) groups excluding carboxylic acids is 1. The van der Waals surface area contributed by atoms with Crippen molar-refractivity contribution in [1.82, 2.24) is 4.98 Å². The number of halogens is 1. The van der Waals surface area contributed by atoms with E-state index in [0.29, 0.717) is 26.8 Å². The van der Waals surface area contributed by atoms with E-state index in [4.69, 9.17) is 17.3 Å². The normalized spacial score (nSPS) is 14.5. The molecule has 110 valence electrons. The lowest BCUT2D eigenvalue weighted by Crippen LogP contribution is -2.26. The number of nitrogens with zero attached hydrogens (tertiary/aromatic N) is 1. The Hall–Kier alpha value is -1.79. The zero-order valence-electron chi connectivity index (χ0n) is 11.2. The average Bonchev–Trinajstić information content (AvgIpc) is 2.78. The van der Waals surface area contributed by atoms with Crippen molar-refractivity contribution in [2.45, 2.75) is 25.3 Å². The van der Waals surface area contributed by atoms with E-state index in [-0.39, 0.29) is 11.7 Å². The molecular weight excluding hydrogens is 308 g/mol. The van der Waals surface area contributed by atoms with Crippen molar-refractivity contribution in [3.8, 4) is 0 Å². The molecule has 1 aliphatic carbocycles. The van der Waals surface area contributed by atoms with Crippen LogP contribution in [0.5, 0.6) is 0 Å². The summed E-state index contributed by atoms with van der Waals surface area (Å²) in [5.74, 6) is 0.00210. The minimum Gasteiger partial charge on any atom is -0.382 e. The van der Waals surface area contributed by atoms with Crippen molar-refractivity contribution in [1.29, 1.82) is 0 Å². The van der Waals surface area contributed by atoms with E-state index in [2.05, 4.69) is 15.6 Å². The quantitative estimate of drug-likeness (QED) is 0.803. The van der Waals surface area contributed by atoms with Crippen molar-refractivity contribution in [2.24, 2.45) is 0 Å². The molecule has 21 heavy (non-hydrogen) atoms. The maximum absolute atomic E-state index is 12.2. The third-order valence-electron chi connectivity index (χ3n) is 3.39. The molecule has 0 aliphatic heterocycles. The zero-order valence-corrected chi connectivity index (χ0v) is 12.8. The molecule has 1 aromatic carbocycles. The standard InChI is InChI=1S/C14H15ClN4OS/c15-8-4-6-10(7-5-8)17-13(20)11-12(16)19-14(21-11)18-9-2-1-3-9/h4-7,9H,1-3,16H2,(H,17,20)(H,18,19). The summed E-state index contributed by atoms with van der Waals surface area (Å²) in [7, 11) is 0. The van der Waals surface area contributed by atoms with Crippen molar-refractivity contribution in [3.63, 3.8) is 0 Å². The molecule has 0 bridgehead atoms. The summed E-state index contributed by atoms with van der Waals surface area (Å²) in [5, 5.41) is 7.41. The SMILES string of the molecule is Nc1nc(NC2CCC2)sc1C(=O)Nc1ccc(Cl)cc1. The smallest absolute Gasteiger partial charge is 0.269 e. The highest BCUT2D eigenvalue weighted by Gasteiger charge is 2.21. The molecule has 4 N–H and O–H groups in total. The summed E-state index contributed by atoms with van der Waals surface area (Å²) in [6, 6.07) is 7.38. The summed E-state index contributed by atoms with van der Waals surface area (Å²) in [5.41, 5.74) is 6.50. The summed E-state index contributed by atoms with van der Waals surface area (Å²) in [4.78, 5) is 16.9. The van der Waals surface area contributed by atoms with Crippen LogP contribution in [-0.2, 0) is 0 Å². The van der Waals surface area contributed by atoms with E-state index in [1.165, 1.54) is 17.8 Å². The molecule has 1 saturated carbocycles. The van der Waals surface area contributed by atoms with Crippen molar-refractivity contribution in [3.05, 3.63) is 34.2 Å². The number of benzene rings is 1. The van der Waals surface area contributed by atoms with Crippen LogP contribution in [0.25, 0.3) is 0 Å². The van der Waals surface area contributed by atoms with Gasteiger partial charge in [-0.2, -0.15) is 0 Å². The molecule has 1 aromatic heterocycles. The van der Waals surface area contributed by atoms with Crippen LogP contribution in [0.15, 0.2) is 24.3 Å². The number of hydrogen-bond donors (Lipinski definition) is 3. The largest absolute Gasteiger partial charge is 0.382 e. The van der Waals surface area contributed by atoms with Crippen LogP contribution in [0.4, 0.5) is 16.6 Å². The fourth-order valence-corrected chi connectivity index (χ4v) is 2.99. The van der Waals surface area contributed by atoms with Crippen LogP contribution in [0, 0.1) is 0 Å². The Bertz CT molecular complexity index is 651. The van der Waals surface area contributed by atoms with Gasteiger partial charge in [-0.25, -0.2) is 4.98 Å². The van der Waals surface area contributed by atoms with Gasteiger partial charge in [-0.3, -0.25) is 4.79 Å². The number of nitrogens with one attached hydrogen (secondary N) is 2.